The molecule has 0 spiro atoms. The first-order valence-electron chi connectivity index (χ1n) is 7.10. The van der Waals surface area contributed by atoms with Gasteiger partial charge in [0, 0.05) is 24.5 Å². The largest absolute Gasteiger partial charge is 0.388 e. The molecule has 0 atom stereocenters. The van der Waals surface area contributed by atoms with Crippen molar-refractivity contribution < 1.29 is 0 Å². The predicted octanol–water partition coefficient (Wildman–Crippen LogP) is 3.12. The molecular formula is C15H23N3S. The number of nitrogens with zero attached hydrogens (tertiary/aromatic N) is 2. The molecule has 1 aliphatic rings. The molecule has 0 radical (unpaired) electrons. The molecule has 0 bridgehead atoms. The second kappa shape index (κ2) is 6.33. The Morgan fingerprint density at radius 2 is 2.16 bits per heavy atom. The molecule has 1 aromatic heterocycles. The van der Waals surface area contributed by atoms with E-state index >= 15 is 0 Å². The van der Waals surface area contributed by atoms with Gasteiger partial charge in [-0.2, -0.15) is 0 Å². The fourth-order valence-electron chi connectivity index (χ4n) is 2.81. The minimum atomic E-state index is 0.373. The number of nitrogens with two attached hydrogens (primary N) is 1. The highest BCUT2D eigenvalue weighted by atomic mass is 32.1. The molecule has 0 unspecified atom stereocenters. The van der Waals surface area contributed by atoms with Gasteiger partial charge in [-0.1, -0.05) is 38.9 Å². The van der Waals surface area contributed by atoms with Crippen molar-refractivity contribution in [3.05, 3.63) is 24.0 Å². The lowest BCUT2D eigenvalue weighted by Gasteiger charge is -2.33. The quantitative estimate of drug-likeness (QED) is 0.840. The highest BCUT2D eigenvalue weighted by Crippen LogP contribution is 2.29. The van der Waals surface area contributed by atoms with Crippen molar-refractivity contribution in [3.8, 4) is 0 Å². The summed E-state index contributed by atoms with van der Waals surface area (Å²) in [5.41, 5.74) is 7.62. The lowest BCUT2D eigenvalue weighted by atomic mass is 10.1. The number of hydrogen-bond donors (Lipinski definition) is 1. The maximum absolute atomic E-state index is 5.69. The van der Waals surface area contributed by atoms with Crippen molar-refractivity contribution >= 4 is 22.9 Å². The van der Waals surface area contributed by atoms with Crippen LogP contribution in [0.5, 0.6) is 0 Å². The standard InChI is InChI=1S/C15H23N3S/c1-11(2)10-18(12-5-3-4-6-12)13-7-8-17-14(9-13)15(16)19/h7-9,11-12H,3-6,10H2,1-2H3,(H2,16,19). The van der Waals surface area contributed by atoms with Gasteiger partial charge in [-0.3, -0.25) is 4.98 Å². The lowest BCUT2D eigenvalue weighted by Crippen LogP contribution is -2.36. The fraction of sp³-hybridized carbons (Fsp3) is 0.600. The Morgan fingerprint density at radius 1 is 1.47 bits per heavy atom. The molecule has 0 amide bonds. The zero-order valence-electron chi connectivity index (χ0n) is 11.8. The normalized spacial score (nSPS) is 15.9. The van der Waals surface area contributed by atoms with Gasteiger partial charge in [0.05, 0.1) is 5.69 Å². The topological polar surface area (TPSA) is 42.2 Å². The van der Waals surface area contributed by atoms with E-state index in [0.717, 1.165) is 12.2 Å². The second-order valence-corrected chi connectivity index (χ2v) is 6.19. The average Bonchev–Trinajstić information content (AvgIpc) is 2.89. The summed E-state index contributed by atoms with van der Waals surface area (Å²) in [6, 6.07) is 4.76. The molecule has 0 aromatic carbocycles. The van der Waals surface area contributed by atoms with Crippen molar-refractivity contribution in [1.82, 2.24) is 4.98 Å². The van der Waals surface area contributed by atoms with E-state index in [4.69, 9.17) is 18.0 Å². The van der Waals surface area contributed by atoms with Gasteiger partial charge >= 0.3 is 0 Å². The number of hydrogen-bond acceptors (Lipinski definition) is 3. The minimum absolute atomic E-state index is 0.373. The minimum Gasteiger partial charge on any atom is -0.388 e. The monoisotopic (exact) mass is 277 g/mol. The van der Waals surface area contributed by atoms with Crippen LogP contribution in [0.3, 0.4) is 0 Å². The van der Waals surface area contributed by atoms with Gasteiger partial charge in [0.2, 0.25) is 0 Å². The average molecular weight is 277 g/mol. The molecule has 104 valence electrons. The van der Waals surface area contributed by atoms with E-state index < -0.39 is 0 Å². The van der Waals surface area contributed by atoms with E-state index in [1.165, 1.54) is 31.4 Å². The summed E-state index contributed by atoms with van der Waals surface area (Å²) >= 11 is 5.03. The van der Waals surface area contributed by atoms with Crippen LogP contribution in [0, 0.1) is 5.92 Å². The van der Waals surface area contributed by atoms with Gasteiger partial charge in [0.25, 0.3) is 0 Å². The van der Waals surface area contributed by atoms with Crippen LogP contribution < -0.4 is 10.6 Å². The van der Waals surface area contributed by atoms with Crippen LogP contribution in [0.2, 0.25) is 0 Å². The molecule has 1 aliphatic carbocycles. The fourth-order valence-corrected chi connectivity index (χ4v) is 2.92. The third kappa shape index (κ3) is 3.66. The first-order valence-corrected chi connectivity index (χ1v) is 7.51. The molecule has 4 heteroatoms. The molecule has 1 fully saturated rings. The van der Waals surface area contributed by atoms with E-state index in [2.05, 4.69) is 29.8 Å². The summed E-state index contributed by atoms with van der Waals surface area (Å²) in [5.74, 6) is 0.641. The lowest BCUT2D eigenvalue weighted by molar-refractivity contribution is 0.535. The van der Waals surface area contributed by atoms with Gasteiger partial charge in [0.1, 0.15) is 4.99 Å². The molecule has 3 nitrogen and oxygen atoms in total. The Labute approximate surface area is 121 Å². The SMILES string of the molecule is CC(C)CN(c1ccnc(C(N)=S)c1)C1CCCC1. The summed E-state index contributed by atoms with van der Waals surface area (Å²) < 4.78 is 0. The van der Waals surface area contributed by atoms with Crippen LogP contribution in [-0.2, 0) is 0 Å². The second-order valence-electron chi connectivity index (χ2n) is 5.75. The molecule has 1 heterocycles. The van der Waals surface area contributed by atoms with Crippen molar-refractivity contribution in [2.45, 2.75) is 45.6 Å². The van der Waals surface area contributed by atoms with Crippen molar-refractivity contribution in [1.29, 1.82) is 0 Å². The number of aromatic nitrogens is 1. The maximum Gasteiger partial charge on any atom is 0.122 e. The summed E-state index contributed by atoms with van der Waals surface area (Å²) in [6.45, 7) is 5.60. The van der Waals surface area contributed by atoms with E-state index in [1.807, 2.05) is 12.3 Å². The van der Waals surface area contributed by atoms with Crippen LogP contribution in [0.4, 0.5) is 5.69 Å². The van der Waals surface area contributed by atoms with Crippen LogP contribution >= 0.6 is 12.2 Å². The molecule has 1 aromatic rings. The Hall–Kier alpha value is -1.16. The third-order valence-corrected chi connectivity index (χ3v) is 3.86. The van der Waals surface area contributed by atoms with Crippen LogP contribution in [0.25, 0.3) is 0 Å². The summed E-state index contributed by atoms with van der Waals surface area (Å²) in [7, 11) is 0. The zero-order valence-corrected chi connectivity index (χ0v) is 12.6. The Bertz CT molecular complexity index is 439. The Morgan fingerprint density at radius 3 is 2.74 bits per heavy atom. The Balaban J connectivity index is 2.25. The molecule has 0 saturated heterocycles. The number of rotatable bonds is 5. The van der Waals surface area contributed by atoms with Gasteiger partial charge in [-0.05, 0) is 30.9 Å². The van der Waals surface area contributed by atoms with Crippen LogP contribution in [0.15, 0.2) is 18.3 Å². The van der Waals surface area contributed by atoms with Crippen LogP contribution in [-0.4, -0.2) is 22.6 Å². The van der Waals surface area contributed by atoms with Gasteiger partial charge in [0.15, 0.2) is 0 Å². The Kier molecular flexibility index (Phi) is 4.75. The first kappa shape index (κ1) is 14.3. The molecule has 2 rings (SSSR count). The van der Waals surface area contributed by atoms with Crippen LogP contribution in [0.1, 0.15) is 45.2 Å². The number of anilines is 1. The highest BCUT2D eigenvalue weighted by molar-refractivity contribution is 7.80. The smallest absolute Gasteiger partial charge is 0.122 e. The summed E-state index contributed by atoms with van der Waals surface area (Å²) in [5, 5.41) is 0. The van der Waals surface area contributed by atoms with E-state index in [0.29, 0.717) is 16.9 Å². The first-order chi connectivity index (χ1) is 9.08. The maximum atomic E-state index is 5.69. The molecule has 1 saturated carbocycles. The number of pyridine rings is 1. The predicted molar refractivity (Wildman–Crippen MR) is 84.6 cm³/mol. The summed E-state index contributed by atoms with van der Waals surface area (Å²) in [6.07, 6.45) is 7.07. The van der Waals surface area contributed by atoms with Crippen molar-refractivity contribution in [2.75, 3.05) is 11.4 Å². The number of thiocarbonyl (C=S) groups is 1. The van der Waals surface area contributed by atoms with Crippen molar-refractivity contribution in [2.24, 2.45) is 11.7 Å². The van der Waals surface area contributed by atoms with Gasteiger partial charge < -0.3 is 10.6 Å². The van der Waals surface area contributed by atoms with E-state index in [9.17, 15) is 0 Å². The summed E-state index contributed by atoms with van der Waals surface area (Å²) in [4.78, 5) is 7.12. The van der Waals surface area contributed by atoms with Crippen molar-refractivity contribution in [3.63, 3.8) is 0 Å². The molecule has 19 heavy (non-hydrogen) atoms. The zero-order chi connectivity index (χ0) is 13.8. The molecule has 2 N–H and O–H groups in total. The van der Waals surface area contributed by atoms with Gasteiger partial charge in [-0.15, -0.1) is 0 Å². The van der Waals surface area contributed by atoms with Gasteiger partial charge in [-0.25, -0.2) is 0 Å². The third-order valence-electron chi connectivity index (χ3n) is 3.65. The van der Waals surface area contributed by atoms with E-state index in [-0.39, 0.29) is 0 Å². The molecule has 0 aliphatic heterocycles. The molecular weight excluding hydrogens is 254 g/mol. The highest BCUT2D eigenvalue weighted by Gasteiger charge is 2.23. The van der Waals surface area contributed by atoms with E-state index in [1.54, 1.807) is 0 Å².